The van der Waals surface area contributed by atoms with Crippen LogP contribution in [0.3, 0.4) is 0 Å². The molecule has 1 atom stereocenters. The summed E-state index contributed by atoms with van der Waals surface area (Å²) in [6.07, 6.45) is 1.01. The normalized spacial score (nSPS) is 17.8. The number of nitrogens with one attached hydrogen (secondary N) is 1. The van der Waals surface area contributed by atoms with Crippen LogP contribution >= 0.6 is 15.9 Å². The van der Waals surface area contributed by atoms with E-state index in [1.165, 1.54) is 4.90 Å². The van der Waals surface area contributed by atoms with E-state index in [0.29, 0.717) is 13.0 Å². The lowest BCUT2D eigenvalue weighted by Gasteiger charge is -2.28. The number of hydrogen-bond acceptors (Lipinski definition) is 3. The Kier molecular flexibility index (Phi) is 5.58. The van der Waals surface area contributed by atoms with Crippen LogP contribution in [-0.2, 0) is 9.53 Å². The lowest BCUT2D eigenvalue weighted by atomic mass is 10.1. The summed E-state index contributed by atoms with van der Waals surface area (Å²) >= 11 is 3.48. The smallest absolute Gasteiger partial charge is 0.410 e. The number of likely N-dealkylation sites (tertiary alicyclic amines) is 1. The Bertz CT molecular complexity index is 652. The molecular weight excluding hydrogens is 372 g/mol. The van der Waals surface area contributed by atoms with Crippen LogP contribution < -0.4 is 5.32 Å². The second-order valence-corrected chi connectivity index (χ2v) is 8.09. The number of carbonyl (C=O) groups is 2. The van der Waals surface area contributed by atoms with Crippen LogP contribution in [0.15, 0.2) is 16.6 Å². The maximum Gasteiger partial charge on any atom is 0.410 e. The summed E-state index contributed by atoms with van der Waals surface area (Å²) in [5.74, 6) is -0.178. The summed E-state index contributed by atoms with van der Waals surface area (Å²) in [6.45, 7) is 10.0. The van der Waals surface area contributed by atoms with E-state index >= 15 is 0 Å². The van der Waals surface area contributed by atoms with E-state index < -0.39 is 17.7 Å². The van der Waals surface area contributed by atoms with Crippen molar-refractivity contribution in [3.63, 3.8) is 0 Å². The Morgan fingerprint density at radius 3 is 2.50 bits per heavy atom. The first-order valence-corrected chi connectivity index (χ1v) is 8.95. The molecule has 24 heavy (non-hydrogen) atoms. The maximum atomic E-state index is 12.7. The van der Waals surface area contributed by atoms with Gasteiger partial charge >= 0.3 is 6.09 Å². The Morgan fingerprint density at radius 2 is 1.88 bits per heavy atom. The number of ether oxygens (including phenoxy) is 1. The quantitative estimate of drug-likeness (QED) is 0.805. The van der Waals surface area contributed by atoms with Crippen LogP contribution in [-0.4, -0.2) is 35.1 Å². The standard InChI is InChI=1S/C18H25BrN2O3/c1-11-9-13(19)14(10-12(11)2)20-16(22)15-7-6-8-21(15)17(23)24-18(3,4)5/h9-10,15H,6-8H2,1-5H3,(H,20,22)/t15-/m1/s1. The number of hydrogen-bond donors (Lipinski definition) is 1. The summed E-state index contributed by atoms with van der Waals surface area (Å²) in [4.78, 5) is 26.5. The summed E-state index contributed by atoms with van der Waals surface area (Å²) in [5.41, 5.74) is 2.40. The molecule has 1 saturated heterocycles. The second kappa shape index (κ2) is 7.13. The molecule has 0 spiro atoms. The highest BCUT2D eigenvalue weighted by Gasteiger charge is 2.36. The number of halogens is 1. The molecule has 1 aliphatic rings. The third-order valence-corrected chi connectivity index (χ3v) is 4.68. The van der Waals surface area contributed by atoms with Gasteiger partial charge in [-0.15, -0.1) is 0 Å². The first-order valence-electron chi connectivity index (χ1n) is 8.16. The number of benzene rings is 1. The van der Waals surface area contributed by atoms with Crippen molar-refractivity contribution < 1.29 is 14.3 Å². The van der Waals surface area contributed by atoms with Crippen molar-refractivity contribution in [2.45, 2.75) is 59.1 Å². The molecule has 1 aromatic carbocycles. The maximum absolute atomic E-state index is 12.7. The van der Waals surface area contributed by atoms with Crippen molar-refractivity contribution in [1.29, 1.82) is 0 Å². The minimum Gasteiger partial charge on any atom is -0.444 e. The van der Waals surface area contributed by atoms with Gasteiger partial charge in [-0.2, -0.15) is 0 Å². The third-order valence-electron chi connectivity index (χ3n) is 4.02. The van der Waals surface area contributed by atoms with Crippen LogP contribution in [0.25, 0.3) is 0 Å². The van der Waals surface area contributed by atoms with Crippen LogP contribution in [0.2, 0.25) is 0 Å². The molecule has 1 heterocycles. The monoisotopic (exact) mass is 396 g/mol. The first-order chi connectivity index (χ1) is 11.1. The van der Waals surface area contributed by atoms with Gasteiger partial charge in [-0.3, -0.25) is 9.69 Å². The molecule has 0 radical (unpaired) electrons. The van der Waals surface area contributed by atoms with Crippen molar-refractivity contribution in [3.05, 3.63) is 27.7 Å². The lowest BCUT2D eigenvalue weighted by Crippen LogP contribution is -2.45. The molecule has 0 aliphatic carbocycles. The molecular formula is C18H25BrN2O3. The van der Waals surface area contributed by atoms with Gasteiger partial charge in [0.05, 0.1) is 5.69 Å². The number of amides is 2. The predicted molar refractivity (Wildman–Crippen MR) is 98.2 cm³/mol. The summed E-state index contributed by atoms with van der Waals surface area (Å²) in [6, 6.07) is 3.42. The fourth-order valence-corrected chi connectivity index (χ4v) is 3.23. The van der Waals surface area contributed by atoms with E-state index in [-0.39, 0.29) is 5.91 Å². The second-order valence-electron chi connectivity index (χ2n) is 7.24. The van der Waals surface area contributed by atoms with Gasteiger partial charge in [0.2, 0.25) is 5.91 Å². The minimum absolute atomic E-state index is 0.178. The number of nitrogens with zero attached hydrogens (tertiary/aromatic N) is 1. The number of aryl methyl sites for hydroxylation is 2. The number of rotatable bonds is 2. The van der Waals surface area contributed by atoms with Gasteiger partial charge in [0.1, 0.15) is 11.6 Å². The van der Waals surface area contributed by atoms with E-state index in [9.17, 15) is 9.59 Å². The highest BCUT2D eigenvalue weighted by Crippen LogP contribution is 2.28. The first kappa shape index (κ1) is 18.8. The largest absolute Gasteiger partial charge is 0.444 e. The van der Waals surface area contributed by atoms with Crippen LogP contribution in [0.1, 0.15) is 44.7 Å². The minimum atomic E-state index is -0.572. The van der Waals surface area contributed by atoms with Crippen LogP contribution in [0, 0.1) is 13.8 Å². The molecule has 0 aromatic heterocycles. The van der Waals surface area contributed by atoms with E-state index in [1.807, 2.05) is 46.8 Å². The van der Waals surface area contributed by atoms with Gasteiger partial charge in [-0.25, -0.2) is 4.79 Å². The molecule has 132 valence electrons. The SMILES string of the molecule is Cc1cc(Br)c(NC(=O)[C@H]2CCCN2C(=O)OC(C)(C)C)cc1C. The fourth-order valence-electron chi connectivity index (χ4n) is 2.67. The van der Waals surface area contributed by atoms with Crippen molar-refractivity contribution in [3.8, 4) is 0 Å². The van der Waals surface area contributed by atoms with E-state index in [4.69, 9.17) is 4.74 Å². The Balaban J connectivity index is 2.11. The van der Waals surface area contributed by atoms with E-state index in [2.05, 4.69) is 21.2 Å². The molecule has 1 aliphatic heterocycles. The number of carbonyl (C=O) groups excluding carboxylic acids is 2. The Hall–Kier alpha value is -1.56. The molecule has 1 N–H and O–H groups in total. The molecule has 2 rings (SSSR count). The Labute approximate surface area is 151 Å². The van der Waals surface area contributed by atoms with Gasteiger partial charge in [-0.05, 0) is 86.6 Å². The molecule has 0 bridgehead atoms. The topological polar surface area (TPSA) is 58.6 Å². The van der Waals surface area contributed by atoms with Crippen molar-refractivity contribution in [1.82, 2.24) is 4.90 Å². The van der Waals surface area contributed by atoms with Crippen molar-refractivity contribution >= 4 is 33.6 Å². The summed E-state index contributed by atoms with van der Waals surface area (Å²) in [5, 5.41) is 2.93. The number of anilines is 1. The highest BCUT2D eigenvalue weighted by atomic mass is 79.9. The van der Waals surface area contributed by atoms with E-state index in [0.717, 1.165) is 27.7 Å². The van der Waals surface area contributed by atoms with E-state index in [1.54, 1.807) is 0 Å². The van der Waals surface area contributed by atoms with Gasteiger partial charge in [-0.1, -0.05) is 0 Å². The molecule has 0 unspecified atom stereocenters. The van der Waals surface area contributed by atoms with Gasteiger partial charge in [0.25, 0.3) is 0 Å². The summed E-state index contributed by atoms with van der Waals surface area (Å²) < 4.78 is 6.24. The molecule has 0 saturated carbocycles. The molecule has 1 aromatic rings. The van der Waals surface area contributed by atoms with Gasteiger partial charge in [0, 0.05) is 11.0 Å². The lowest BCUT2D eigenvalue weighted by molar-refractivity contribution is -0.120. The molecule has 5 nitrogen and oxygen atoms in total. The van der Waals surface area contributed by atoms with Crippen molar-refractivity contribution in [2.75, 3.05) is 11.9 Å². The average Bonchev–Trinajstić information content (AvgIpc) is 2.92. The zero-order valence-electron chi connectivity index (χ0n) is 14.9. The van der Waals surface area contributed by atoms with Crippen LogP contribution in [0.5, 0.6) is 0 Å². The third kappa shape index (κ3) is 4.50. The van der Waals surface area contributed by atoms with Crippen molar-refractivity contribution in [2.24, 2.45) is 0 Å². The zero-order valence-corrected chi connectivity index (χ0v) is 16.5. The summed E-state index contributed by atoms with van der Waals surface area (Å²) in [7, 11) is 0. The van der Waals surface area contributed by atoms with Gasteiger partial charge in [0.15, 0.2) is 0 Å². The molecule has 6 heteroatoms. The molecule has 1 fully saturated rings. The predicted octanol–water partition coefficient (Wildman–Crippen LogP) is 4.40. The Morgan fingerprint density at radius 1 is 1.25 bits per heavy atom. The average molecular weight is 397 g/mol. The molecule has 2 amide bonds. The zero-order chi connectivity index (χ0) is 18.1. The fraction of sp³-hybridized carbons (Fsp3) is 0.556. The van der Waals surface area contributed by atoms with Gasteiger partial charge < -0.3 is 10.1 Å². The van der Waals surface area contributed by atoms with Crippen LogP contribution in [0.4, 0.5) is 10.5 Å². The highest BCUT2D eigenvalue weighted by molar-refractivity contribution is 9.10.